The monoisotopic (exact) mass is 422 g/mol. The van der Waals surface area contributed by atoms with Crippen molar-refractivity contribution in [1.82, 2.24) is 25.6 Å². The molecule has 31 heavy (non-hydrogen) atoms. The van der Waals surface area contributed by atoms with Crippen LogP contribution < -0.4 is 10.6 Å². The standard InChI is InChI=1S/C22H23FN6O2/c1-29-20-11-15(5-6-19(20)27-28-29)14-3-4-16(18(23)10-14)9-17(12-24)26-22(30)21-13-25-7-2-8-31-21/h3-6,10-11,17,21,25H,2,7-9,13H2,1H3,(H,26,30)/t17-,21-/m0/s1. The van der Waals surface area contributed by atoms with Gasteiger partial charge in [0.25, 0.3) is 5.91 Å². The number of aryl methyl sites for hydroxylation is 1. The van der Waals surface area contributed by atoms with E-state index in [4.69, 9.17) is 4.74 Å². The Hall–Kier alpha value is -3.35. The molecule has 3 aromatic rings. The van der Waals surface area contributed by atoms with Crippen LogP contribution in [0.5, 0.6) is 0 Å². The largest absolute Gasteiger partial charge is 0.367 e. The maximum atomic E-state index is 14.8. The summed E-state index contributed by atoms with van der Waals surface area (Å²) in [6.07, 6.45) is 0.244. The van der Waals surface area contributed by atoms with Gasteiger partial charge in [-0.05, 0) is 47.9 Å². The van der Waals surface area contributed by atoms with Crippen LogP contribution in [-0.4, -0.2) is 52.7 Å². The molecular weight excluding hydrogens is 399 g/mol. The van der Waals surface area contributed by atoms with E-state index in [0.29, 0.717) is 24.3 Å². The summed E-state index contributed by atoms with van der Waals surface area (Å²) in [7, 11) is 1.80. The quantitative estimate of drug-likeness (QED) is 0.649. The number of rotatable bonds is 5. The Morgan fingerprint density at radius 3 is 3.00 bits per heavy atom. The van der Waals surface area contributed by atoms with Crippen molar-refractivity contribution in [2.75, 3.05) is 19.7 Å². The molecule has 0 saturated carbocycles. The van der Waals surface area contributed by atoms with E-state index in [0.717, 1.165) is 29.6 Å². The van der Waals surface area contributed by atoms with Gasteiger partial charge in [-0.2, -0.15) is 5.26 Å². The summed E-state index contributed by atoms with van der Waals surface area (Å²) in [6.45, 7) is 1.66. The molecule has 1 amide bonds. The summed E-state index contributed by atoms with van der Waals surface area (Å²) in [4.78, 5) is 12.4. The Balaban J connectivity index is 1.47. The third kappa shape index (κ3) is 4.71. The highest BCUT2D eigenvalue weighted by molar-refractivity contribution is 5.82. The lowest BCUT2D eigenvalue weighted by Gasteiger charge is -2.18. The number of benzene rings is 2. The maximum Gasteiger partial charge on any atom is 0.251 e. The zero-order valence-corrected chi connectivity index (χ0v) is 17.1. The average Bonchev–Trinajstić information content (AvgIpc) is 2.97. The molecule has 2 aromatic carbocycles. The van der Waals surface area contributed by atoms with Crippen LogP contribution in [0.2, 0.25) is 0 Å². The van der Waals surface area contributed by atoms with Gasteiger partial charge in [0, 0.05) is 26.6 Å². The summed E-state index contributed by atoms with van der Waals surface area (Å²) < 4.78 is 22.0. The minimum absolute atomic E-state index is 0.0686. The van der Waals surface area contributed by atoms with Crippen LogP contribution in [0.1, 0.15) is 12.0 Å². The fourth-order valence-electron chi connectivity index (χ4n) is 3.60. The third-order valence-corrected chi connectivity index (χ3v) is 5.33. The van der Waals surface area contributed by atoms with Crippen LogP contribution in [0.3, 0.4) is 0 Å². The number of fused-ring (bicyclic) bond motifs is 1. The number of aromatic nitrogens is 3. The summed E-state index contributed by atoms with van der Waals surface area (Å²) in [5.74, 6) is -0.793. The lowest BCUT2D eigenvalue weighted by Crippen LogP contribution is -2.46. The Morgan fingerprint density at radius 2 is 2.19 bits per heavy atom. The molecule has 1 saturated heterocycles. The topological polar surface area (TPSA) is 105 Å². The van der Waals surface area contributed by atoms with Crippen molar-refractivity contribution in [2.45, 2.75) is 25.0 Å². The number of nitrogens with one attached hydrogen (secondary N) is 2. The first kappa shape index (κ1) is 20.9. The van der Waals surface area contributed by atoms with E-state index < -0.39 is 18.0 Å². The maximum absolute atomic E-state index is 14.8. The number of ether oxygens (including phenoxy) is 1. The van der Waals surface area contributed by atoms with Gasteiger partial charge in [-0.25, -0.2) is 9.07 Å². The SMILES string of the molecule is Cn1nnc2ccc(-c3ccc(C[C@@H](C#N)NC(=O)[C@@H]4CNCCCO4)c(F)c3)cc21. The molecule has 0 unspecified atom stereocenters. The molecule has 4 rings (SSSR count). The Labute approximate surface area is 179 Å². The number of hydrogen-bond acceptors (Lipinski definition) is 6. The van der Waals surface area contributed by atoms with E-state index in [2.05, 4.69) is 20.9 Å². The zero-order chi connectivity index (χ0) is 21.8. The van der Waals surface area contributed by atoms with E-state index in [1.165, 1.54) is 6.07 Å². The van der Waals surface area contributed by atoms with E-state index in [-0.39, 0.29) is 12.3 Å². The summed E-state index contributed by atoms with van der Waals surface area (Å²) in [5, 5.41) is 23.3. The average molecular weight is 422 g/mol. The van der Waals surface area contributed by atoms with Crippen LogP contribution >= 0.6 is 0 Å². The highest BCUT2D eigenvalue weighted by atomic mass is 19.1. The molecule has 1 aliphatic heterocycles. The minimum Gasteiger partial charge on any atom is -0.367 e. The molecule has 9 heteroatoms. The van der Waals surface area contributed by atoms with Gasteiger partial charge in [0.2, 0.25) is 0 Å². The second-order valence-electron chi connectivity index (χ2n) is 7.53. The normalized spacial score (nSPS) is 17.6. The second-order valence-corrected chi connectivity index (χ2v) is 7.53. The predicted octanol–water partition coefficient (Wildman–Crippen LogP) is 1.70. The first-order valence-corrected chi connectivity index (χ1v) is 10.2. The molecule has 1 aliphatic rings. The van der Waals surface area contributed by atoms with E-state index in [1.54, 1.807) is 23.9 Å². The summed E-state index contributed by atoms with van der Waals surface area (Å²) in [6, 6.07) is 11.7. The second kappa shape index (κ2) is 9.20. The number of nitriles is 1. The molecule has 0 bridgehead atoms. The Bertz CT molecular complexity index is 1130. The minimum atomic E-state index is -0.850. The van der Waals surface area contributed by atoms with Crippen molar-refractivity contribution in [3.8, 4) is 17.2 Å². The van der Waals surface area contributed by atoms with Crippen LogP contribution in [-0.2, 0) is 23.0 Å². The molecule has 2 atom stereocenters. The molecule has 8 nitrogen and oxygen atoms in total. The van der Waals surface area contributed by atoms with Crippen molar-refractivity contribution in [3.63, 3.8) is 0 Å². The first-order valence-electron chi connectivity index (χ1n) is 10.2. The predicted molar refractivity (Wildman–Crippen MR) is 112 cm³/mol. The molecular formula is C22H23FN6O2. The van der Waals surface area contributed by atoms with Gasteiger partial charge >= 0.3 is 0 Å². The van der Waals surface area contributed by atoms with Gasteiger partial charge in [0.1, 0.15) is 23.5 Å². The molecule has 0 aliphatic carbocycles. The number of carbonyl (C=O) groups excluding carboxylic acids is 1. The van der Waals surface area contributed by atoms with Gasteiger partial charge in [0.15, 0.2) is 0 Å². The number of carbonyl (C=O) groups is 1. The smallest absolute Gasteiger partial charge is 0.251 e. The Kier molecular flexibility index (Phi) is 6.21. The molecule has 1 fully saturated rings. The summed E-state index contributed by atoms with van der Waals surface area (Å²) >= 11 is 0. The number of hydrogen-bond donors (Lipinski definition) is 2. The number of nitrogens with zero attached hydrogens (tertiary/aromatic N) is 4. The molecule has 1 aromatic heterocycles. The summed E-state index contributed by atoms with van der Waals surface area (Å²) in [5.41, 5.74) is 3.53. The van der Waals surface area contributed by atoms with Crippen molar-refractivity contribution in [1.29, 1.82) is 5.26 Å². The van der Waals surface area contributed by atoms with Crippen molar-refractivity contribution < 1.29 is 13.9 Å². The van der Waals surface area contributed by atoms with Crippen LogP contribution in [0, 0.1) is 17.1 Å². The van der Waals surface area contributed by atoms with Gasteiger partial charge in [-0.3, -0.25) is 4.79 Å². The molecule has 160 valence electrons. The fourth-order valence-corrected chi connectivity index (χ4v) is 3.60. The third-order valence-electron chi connectivity index (χ3n) is 5.33. The van der Waals surface area contributed by atoms with Gasteiger partial charge in [-0.15, -0.1) is 5.10 Å². The zero-order valence-electron chi connectivity index (χ0n) is 17.1. The van der Waals surface area contributed by atoms with Crippen molar-refractivity contribution in [2.24, 2.45) is 7.05 Å². The van der Waals surface area contributed by atoms with E-state index in [9.17, 15) is 14.4 Å². The van der Waals surface area contributed by atoms with Crippen molar-refractivity contribution in [3.05, 3.63) is 47.8 Å². The fraction of sp³-hybridized carbons (Fsp3) is 0.364. The van der Waals surface area contributed by atoms with Gasteiger partial charge in [-0.1, -0.05) is 23.4 Å². The Morgan fingerprint density at radius 1 is 1.39 bits per heavy atom. The molecule has 0 spiro atoms. The van der Waals surface area contributed by atoms with Gasteiger partial charge < -0.3 is 15.4 Å². The van der Waals surface area contributed by atoms with E-state index in [1.807, 2.05) is 24.3 Å². The molecule has 0 radical (unpaired) electrons. The lowest BCUT2D eigenvalue weighted by molar-refractivity contribution is -0.132. The highest BCUT2D eigenvalue weighted by Gasteiger charge is 2.24. The number of amides is 1. The van der Waals surface area contributed by atoms with Crippen molar-refractivity contribution >= 4 is 16.9 Å². The highest BCUT2D eigenvalue weighted by Crippen LogP contribution is 2.25. The van der Waals surface area contributed by atoms with Gasteiger partial charge in [0.05, 0.1) is 11.6 Å². The number of halogens is 1. The van der Waals surface area contributed by atoms with Crippen LogP contribution in [0.4, 0.5) is 4.39 Å². The lowest BCUT2D eigenvalue weighted by atomic mass is 9.99. The van der Waals surface area contributed by atoms with E-state index >= 15 is 0 Å². The van der Waals surface area contributed by atoms with Crippen LogP contribution in [0.15, 0.2) is 36.4 Å². The van der Waals surface area contributed by atoms with Crippen LogP contribution in [0.25, 0.3) is 22.2 Å². The first-order chi connectivity index (χ1) is 15.0. The molecule has 2 N–H and O–H groups in total. The molecule has 2 heterocycles.